The molecular formula is C10H18O6S2. The van der Waals surface area contributed by atoms with Crippen molar-refractivity contribution in [1.29, 1.82) is 0 Å². The normalized spacial score (nSPS) is 14.1. The molecule has 18 heavy (non-hydrogen) atoms. The average molecular weight is 298 g/mol. The Labute approximate surface area is 114 Å². The minimum absolute atomic E-state index is 0.253. The molecule has 0 fully saturated rings. The molecule has 0 bridgehead atoms. The molecule has 4 N–H and O–H groups in total. The summed E-state index contributed by atoms with van der Waals surface area (Å²) in [4.78, 5) is 20.5. The molecule has 2 atom stereocenters. The lowest BCUT2D eigenvalue weighted by Gasteiger charge is -2.08. The maximum Gasteiger partial charge on any atom is 0.306 e. The number of thioether (sulfide) groups is 2. The quantitative estimate of drug-likeness (QED) is 0.398. The standard InChI is InChI=1S/C10H18O6S2/c11-7(3-9(13)14)5-17-1-2-18-6-8(12)4-10(15)16/h7-8,11-12H,1-6H2,(H,13,14)(H,15,16). The Balaban J connectivity index is 3.35. The molecule has 0 saturated heterocycles. The van der Waals surface area contributed by atoms with Crippen molar-refractivity contribution in [2.45, 2.75) is 25.0 Å². The highest BCUT2D eigenvalue weighted by atomic mass is 32.2. The molecular weight excluding hydrogens is 280 g/mol. The van der Waals surface area contributed by atoms with Crippen LogP contribution in [0.1, 0.15) is 12.8 Å². The number of carboxylic acid groups (broad SMARTS) is 2. The number of aliphatic carboxylic acids is 2. The molecule has 0 aromatic rings. The predicted molar refractivity (Wildman–Crippen MR) is 71.2 cm³/mol. The van der Waals surface area contributed by atoms with Gasteiger partial charge in [0.25, 0.3) is 0 Å². The van der Waals surface area contributed by atoms with Crippen molar-refractivity contribution >= 4 is 35.5 Å². The Morgan fingerprint density at radius 2 is 1.17 bits per heavy atom. The van der Waals surface area contributed by atoms with Crippen LogP contribution in [0.5, 0.6) is 0 Å². The maximum atomic E-state index is 10.3. The first-order valence-electron chi connectivity index (χ1n) is 5.37. The van der Waals surface area contributed by atoms with Crippen LogP contribution >= 0.6 is 23.5 Å². The summed E-state index contributed by atoms with van der Waals surface area (Å²) in [5.41, 5.74) is 0. The average Bonchev–Trinajstić information content (AvgIpc) is 2.20. The number of aliphatic hydroxyl groups excluding tert-OH is 2. The monoisotopic (exact) mass is 298 g/mol. The van der Waals surface area contributed by atoms with E-state index in [0.717, 1.165) is 11.5 Å². The van der Waals surface area contributed by atoms with E-state index in [-0.39, 0.29) is 12.8 Å². The Morgan fingerprint density at radius 1 is 0.833 bits per heavy atom. The zero-order chi connectivity index (χ0) is 14.0. The maximum absolute atomic E-state index is 10.3. The Morgan fingerprint density at radius 3 is 1.44 bits per heavy atom. The van der Waals surface area contributed by atoms with Crippen LogP contribution in [0.25, 0.3) is 0 Å². The van der Waals surface area contributed by atoms with E-state index in [1.165, 1.54) is 23.5 Å². The fourth-order valence-electron chi connectivity index (χ4n) is 1.08. The van der Waals surface area contributed by atoms with Crippen LogP contribution in [-0.4, -0.2) is 67.6 Å². The first kappa shape index (κ1) is 17.6. The Bertz CT molecular complexity index is 235. The predicted octanol–water partition coefficient (Wildman–Crippen LogP) is 0.124. The second kappa shape index (κ2) is 10.5. The van der Waals surface area contributed by atoms with Gasteiger partial charge in [-0.3, -0.25) is 9.59 Å². The van der Waals surface area contributed by atoms with Gasteiger partial charge in [0.1, 0.15) is 0 Å². The minimum Gasteiger partial charge on any atom is -0.481 e. The summed E-state index contributed by atoms with van der Waals surface area (Å²) in [7, 11) is 0. The second-order valence-electron chi connectivity index (χ2n) is 3.65. The second-order valence-corrected chi connectivity index (χ2v) is 5.95. The van der Waals surface area contributed by atoms with E-state index in [0.29, 0.717) is 11.5 Å². The summed E-state index contributed by atoms with van der Waals surface area (Å²) in [5, 5.41) is 35.3. The van der Waals surface area contributed by atoms with Gasteiger partial charge in [0, 0.05) is 23.0 Å². The van der Waals surface area contributed by atoms with Gasteiger partial charge in [0.15, 0.2) is 0 Å². The molecule has 0 saturated carbocycles. The molecule has 0 radical (unpaired) electrons. The van der Waals surface area contributed by atoms with Crippen molar-refractivity contribution in [2.75, 3.05) is 23.0 Å². The Hall–Kier alpha value is -0.440. The fourth-order valence-corrected chi connectivity index (χ4v) is 3.13. The lowest BCUT2D eigenvalue weighted by Crippen LogP contribution is -2.16. The first-order valence-corrected chi connectivity index (χ1v) is 7.68. The van der Waals surface area contributed by atoms with Crippen LogP contribution in [0.4, 0.5) is 0 Å². The summed E-state index contributed by atoms with van der Waals surface area (Å²) in [6.07, 6.45) is -2.18. The molecule has 0 aromatic heterocycles. The molecule has 6 nitrogen and oxygen atoms in total. The summed E-state index contributed by atoms with van der Waals surface area (Å²) >= 11 is 2.87. The third-order valence-electron chi connectivity index (χ3n) is 1.81. The van der Waals surface area contributed by atoms with Gasteiger partial charge in [-0.1, -0.05) is 0 Å². The van der Waals surface area contributed by atoms with Crippen molar-refractivity contribution in [3.63, 3.8) is 0 Å². The number of rotatable bonds is 11. The molecule has 0 aliphatic rings. The third kappa shape index (κ3) is 12.0. The number of carbonyl (C=O) groups is 2. The van der Waals surface area contributed by atoms with Crippen LogP contribution < -0.4 is 0 Å². The van der Waals surface area contributed by atoms with Crippen molar-refractivity contribution in [3.05, 3.63) is 0 Å². The van der Waals surface area contributed by atoms with E-state index in [9.17, 15) is 19.8 Å². The summed E-state index contributed by atoms with van der Waals surface area (Å²) in [6.45, 7) is 0. The summed E-state index contributed by atoms with van der Waals surface area (Å²) in [5.74, 6) is 0.140. The minimum atomic E-state index is -1.02. The zero-order valence-corrected chi connectivity index (χ0v) is 11.5. The third-order valence-corrected chi connectivity index (χ3v) is 4.30. The van der Waals surface area contributed by atoms with Gasteiger partial charge in [-0.05, 0) is 0 Å². The number of hydrogen-bond acceptors (Lipinski definition) is 6. The topological polar surface area (TPSA) is 115 Å². The van der Waals surface area contributed by atoms with Crippen molar-refractivity contribution < 1.29 is 30.0 Å². The number of hydrogen-bond donors (Lipinski definition) is 4. The van der Waals surface area contributed by atoms with E-state index in [1.807, 2.05) is 0 Å². The Kier molecular flexibility index (Phi) is 10.2. The number of aliphatic hydroxyl groups is 2. The molecule has 0 aliphatic carbocycles. The summed E-state index contributed by atoms with van der Waals surface area (Å²) in [6, 6.07) is 0. The van der Waals surface area contributed by atoms with Gasteiger partial charge in [0.05, 0.1) is 25.0 Å². The van der Waals surface area contributed by atoms with Crippen LogP contribution in [0.15, 0.2) is 0 Å². The molecule has 106 valence electrons. The SMILES string of the molecule is O=C(O)CC(O)CSCCSCC(O)CC(=O)O. The molecule has 0 heterocycles. The van der Waals surface area contributed by atoms with Gasteiger partial charge < -0.3 is 20.4 Å². The van der Waals surface area contributed by atoms with Crippen molar-refractivity contribution in [2.24, 2.45) is 0 Å². The molecule has 8 heteroatoms. The van der Waals surface area contributed by atoms with Crippen LogP contribution in [-0.2, 0) is 9.59 Å². The smallest absolute Gasteiger partial charge is 0.306 e. The zero-order valence-electron chi connectivity index (χ0n) is 9.82. The highest BCUT2D eigenvalue weighted by Crippen LogP contribution is 2.11. The van der Waals surface area contributed by atoms with Crippen LogP contribution in [0.2, 0.25) is 0 Å². The molecule has 0 spiro atoms. The molecule has 2 unspecified atom stereocenters. The van der Waals surface area contributed by atoms with Gasteiger partial charge in [-0.15, -0.1) is 0 Å². The fraction of sp³-hybridized carbons (Fsp3) is 0.800. The van der Waals surface area contributed by atoms with Gasteiger partial charge >= 0.3 is 11.9 Å². The molecule has 0 amide bonds. The van der Waals surface area contributed by atoms with E-state index in [4.69, 9.17) is 10.2 Å². The van der Waals surface area contributed by atoms with E-state index in [1.54, 1.807) is 0 Å². The highest BCUT2D eigenvalue weighted by molar-refractivity contribution is 8.02. The lowest BCUT2D eigenvalue weighted by molar-refractivity contribution is -0.140. The van der Waals surface area contributed by atoms with Crippen molar-refractivity contribution in [3.8, 4) is 0 Å². The molecule has 0 rings (SSSR count). The van der Waals surface area contributed by atoms with Crippen LogP contribution in [0, 0.1) is 0 Å². The van der Waals surface area contributed by atoms with Gasteiger partial charge in [-0.25, -0.2) is 0 Å². The lowest BCUT2D eigenvalue weighted by atomic mass is 10.3. The van der Waals surface area contributed by atoms with E-state index in [2.05, 4.69) is 0 Å². The first-order chi connectivity index (χ1) is 8.41. The molecule has 0 aromatic carbocycles. The molecule has 0 aliphatic heterocycles. The van der Waals surface area contributed by atoms with Gasteiger partial charge in [-0.2, -0.15) is 23.5 Å². The highest BCUT2D eigenvalue weighted by Gasteiger charge is 2.10. The van der Waals surface area contributed by atoms with E-state index >= 15 is 0 Å². The largest absolute Gasteiger partial charge is 0.481 e. The van der Waals surface area contributed by atoms with Gasteiger partial charge in [0.2, 0.25) is 0 Å². The summed E-state index contributed by atoms with van der Waals surface area (Å²) < 4.78 is 0. The number of carboxylic acids is 2. The van der Waals surface area contributed by atoms with E-state index < -0.39 is 24.1 Å². The van der Waals surface area contributed by atoms with Crippen LogP contribution in [0.3, 0.4) is 0 Å². The van der Waals surface area contributed by atoms with Crippen molar-refractivity contribution in [1.82, 2.24) is 0 Å².